The quantitative estimate of drug-likeness (QED) is 0.666. The molecule has 0 aromatic heterocycles. The molecule has 1 aromatic carbocycles. The van der Waals surface area contributed by atoms with Crippen LogP contribution in [-0.4, -0.2) is 77.6 Å². The number of aliphatic carboxylic acids is 2. The normalized spacial score (nSPS) is 15.0. The first kappa shape index (κ1) is 20.5. The molecule has 3 N–H and O–H groups in total. The smallest absolute Gasteiger partial charge is 0.414 e. The van der Waals surface area contributed by atoms with Crippen molar-refractivity contribution < 1.29 is 33.4 Å². The Hall–Kier alpha value is -2.59. The third-order valence-electron chi connectivity index (χ3n) is 3.35. The van der Waals surface area contributed by atoms with E-state index in [1.807, 2.05) is 11.9 Å². The second-order valence-corrected chi connectivity index (χ2v) is 5.36. The summed E-state index contributed by atoms with van der Waals surface area (Å²) in [4.78, 5) is 34.2. The molecule has 0 atom stereocenters. The summed E-state index contributed by atoms with van der Waals surface area (Å²) in [7, 11) is 2.03. The Morgan fingerprint density at radius 3 is 2.12 bits per heavy atom. The standard InChI is InChI=1S/C13H17F2N3O.C2H2O4/c1-17-4-6-18(7-5-17)9-13(19)16-12-3-2-10(14)8-11(12)15;3-1(4)2(5)6/h2-3,8H,4-7,9H2,1H3,(H,16,19);(H,3,4)(H,5,6). The van der Waals surface area contributed by atoms with Gasteiger partial charge < -0.3 is 20.4 Å². The number of halogens is 2. The number of benzene rings is 1. The van der Waals surface area contributed by atoms with Crippen molar-refractivity contribution in [2.45, 2.75) is 0 Å². The zero-order valence-electron chi connectivity index (χ0n) is 13.5. The van der Waals surface area contributed by atoms with Crippen molar-refractivity contribution in [1.29, 1.82) is 0 Å². The van der Waals surface area contributed by atoms with E-state index >= 15 is 0 Å². The molecule has 1 aliphatic rings. The average Bonchev–Trinajstić information content (AvgIpc) is 2.53. The first-order valence-electron chi connectivity index (χ1n) is 7.31. The van der Waals surface area contributed by atoms with Crippen molar-refractivity contribution in [1.82, 2.24) is 9.80 Å². The number of piperazine rings is 1. The number of likely N-dealkylation sites (N-methyl/N-ethyl adjacent to an activating group) is 1. The van der Waals surface area contributed by atoms with Gasteiger partial charge >= 0.3 is 11.9 Å². The van der Waals surface area contributed by atoms with E-state index in [9.17, 15) is 13.6 Å². The molecule has 8 nitrogen and oxygen atoms in total. The number of carbonyl (C=O) groups is 3. The van der Waals surface area contributed by atoms with E-state index in [1.54, 1.807) is 0 Å². The summed E-state index contributed by atoms with van der Waals surface area (Å²) < 4.78 is 26.1. The molecular formula is C15H19F2N3O5. The number of anilines is 1. The lowest BCUT2D eigenvalue weighted by Gasteiger charge is -2.31. The molecule has 1 heterocycles. The molecule has 0 saturated carbocycles. The van der Waals surface area contributed by atoms with Gasteiger partial charge in [0.1, 0.15) is 11.6 Å². The van der Waals surface area contributed by atoms with Gasteiger partial charge in [0, 0.05) is 32.2 Å². The van der Waals surface area contributed by atoms with E-state index in [0.29, 0.717) is 0 Å². The van der Waals surface area contributed by atoms with Gasteiger partial charge in [0.2, 0.25) is 5.91 Å². The van der Waals surface area contributed by atoms with Gasteiger partial charge in [-0.1, -0.05) is 0 Å². The van der Waals surface area contributed by atoms with Crippen LogP contribution >= 0.6 is 0 Å². The minimum Gasteiger partial charge on any atom is -0.473 e. The Morgan fingerprint density at radius 1 is 1.08 bits per heavy atom. The van der Waals surface area contributed by atoms with Crippen LogP contribution in [0.5, 0.6) is 0 Å². The van der Waals surface area contributed by atoms with Crippen LogP contribution in [0.2, 0.25) is 0 Å². The largest absolute Gasteiger partial charge is 0.473 e. The van der Waals surface area contributed by atoms with Crippen molar-refractivity contribution >= 4 is 23.5 Å². The van der Waals surface area contributed by atoms with Crippen LogP contribution in [0.15, 0.2) is 18.2 Å². The van der Waals surface area contributed by atoms with Gasteiger partial charge in [-0.3, -0.25) is 9.69 Å². The van der Waals surface area contributed by atoms with E-state index in [-0.39, 0.29) is 18.1 Å². The maximum absolute atomic E-state index is 13.4. The number of nitrogens with zero attached hydrogens (tertiary/aromatic N) is 2. The fourth-order valence-electron chi connectivity index (χ4n) is 1.99. The van der Waals surface area contributed by atoms with Crippen molar-refractivity contribution in [2.75, 3.05) is 45.1 Å². The van der Waals surface area contributed by atoms with Gasteiger partial charge in [0.25, 0.3) is 0 Å². The Balaban J connectivity index is 0.000000450. The predicted molar refractivity (Wildman–Crippen MR) is 84.2 cm³/mol. The van der Waals surface area contributed by atoms with E-state index in [4.69, 9.17) is 19.8 Å². The second-order valence-electron chi connectivity index (χ2n) is 5.36. The predicted octanol–water partition coefficient (Wildman–Crippen LogP) is 0.306. The molecule has 25 heavy (non-hydrogen) atoms. The van der Waals surface area contributed by atoms with Crippen LogP contribution in [0, 0.1) is 11.6 Å². The third-order valence-corrected chi connectivity index (χ3v) is 3.35. The Labute approximate surface area is 142 Å². The van der Waals surface area contributed by atoms with Crippen molar-refractivity contribution in [3.63, 3.8) is 0 Å². The molecule has 1 saturated heterocycles. The summed E-state index contributed by atoms with van der Waals surface area (Å²) in [5, 5.41) is 17.2. The summed E-state index contributed by atoms with van der Waals surface area (Å²) in [5.74, 6) is -5.35. The molecule has 1 aliphatic heterocycles. The molecule has 0 spiro atoms. The number of rotatable bonds is 3. The fourth-order valence-corrected chi connectivity index (χ4v) is 1.99. The van der Waals surface area contributed by atoms with Crippen LogP contribution < -0.4 is 5.32 Å². The van der Waals surface area contributed by atoms with Crippen LogP contribution in [-0.2, 0) is 14.4 Å². The maximum Gasteiger partial charge on any atom is 0.414 e. The highest BCUT2D eigenvalue weighted by molar-refractivity contribution is 6.27. The molecule has 10 heteroatoms. The molecular weight excluding hydrogens is 340 g/mol. The zero-order chi connectivity index (χ0) is 19.0. The van der Waals surface area contributed by atoms with Crippen molar-refractivity contribution in [2.24, 2.45) is 0 Å². The lowest BCUT2D eigenvalue weighted by atomic mass is 10.3. The number of hydrogen-bond donors (Lipinski definition) is 3. The average molecular weight is 359 g/mol. The minimum absolute atomic E-state index is 0.0144. The van der Waals surface area contributed by atoms with Crippen LogP contribution in [0.1, 0.15) is 0 Å². The highest BCUT2D eigenvalue weighted by Gasteiger charge is 2.17. The molecule has 1 fully saturated rings. The first-order valence-corrected chi connectivity index (χ1v) is 7.31. The Kier molecular flexibility index (Phi) is 7.89. The second kappa shape index (κ2) is 9.64. The molecule has 1 amide bonds. The van der Waals surface area contributed by atoms with Crippen molar-refractivity contribution in [3.8, 4) is 0 Å². The zero-order valence-corrected chi connectivity index (χ0v) is 13.5. The molecule has 0 aliphatic carbocycles. The molecule has 0 bridgehead atoms. The van der Waals surface area contributed by atoms with Crippen LogP contribution in [0.3, 0.4) is 0 Å². The summed E-state index contributed by atoms with van der Waals surface area (Å²) >= 11 is 0. The monoisotopic (exact) mass is 359 g/mol. The van der Waals surface area contributed by atoms with Crippen LogP contribution in [0.4, 0.5) is 14.5 Å². The highest BCUT2D eigenvalue weighted by Crippen LogP contribution is 2.14. The highest BCUT2D eigenvalue weighted by atomic mass is 19.1. The Bertz CT molecular complexity index is 622. The lowest BCUT2D eigenvalue weighted by Crippen LogP contribution is -2.47. The molecule has 1 aromatic rings. The molecule has 138 valence electrons. The van der Waals surface area contributed by atoms with Crippen molar-refractivity contribution in [3.05, 3.63) is 29.8 Å². The summed E-state index contributed by atoms with van der Waals surface area (Å²) in [6.45, 7) is 3.69. The summed E-state index contributed by atoms with van der Waals surface area (Å²) in [6, 6.07) is 3.10. The maximum atomic E-state index is 13.4. The number of carboxylic acids is 2. The fraction of sp³-hybridized carbons (Fsp3) is 0.400. The molecule has 2 rings (SSSR count). The molecule has 0 unspecified atom stereocenters. The van der Waals surface area contributed by atoms with Gasteiger partial charge in [-0.2, -0.15) is 0 Å². The third kappa shape index (κ3) is 7.68. The van der Waals surface area contributed by atoms with E-state index in [2.05, 4.69) is 10.2 Å². The minimum atomic E-state index is -1.82. The first-order chi connectivity index (χ1) is 11.7. The van der Waals surface area contributed by atoms with Gasteiger partial charge in [-0.15, -0.1) is 0 Å². The van der Waals surface area contributed by atoms with E-state index in [0.717, 1.165) is 38.3 Å². The number of carbonyl (C=O) groups excluding carboxylic acids is 1. The van der Waals surface area contributed by atoms with E-state index < -0.39 is 23.6 Å². The van der Waals surface area contributed by atoms with Crippen LogP contribution in [0.25, 0.3) is 0 Å². The van der Waals surface area contributed by atoms with Gasteiger partial charge in [0.15, 0.2) is 0 Å². The summed E-state index contributed by atoms with van der Waals surface area (Å²) in [5.41, 5.74) is 0.0144. The molecule has 0 radical (unpaired) electrons. The van der Waals surface area contributed by atoms with Gasteiger partial charge in [0.05, 0.1) is 12.2 Å². The number of nitrogens with one attached hydrogen (secondary N) is 1. The lowest BCUT2D eigenvalue weighted by molar-refractivity contribution is -0.159. The number of amides is 1. The SMILES string of the molecule is CN1CCN(CC(=O)Nc2ccc(F)cc2F)CC1.O=C(O)C(=O)O. The van der Waals surface area contributed by atoms with E-state index in [1.165, 1.54) is 6.07 Å². The van der Waals surface area contributed by atoms with Gasteiger partial charge in [-0.25, -0.2) is 18.4 Å². The van der Waals surface area contributed by atoms with Gasteiger partial charge in [-0.05, 0) is 19.2 Å². The number of carboxylic acid groups (broad SMARTS) is 2. The topological polar surface area (TPSA) is 110 Å². The Morgan fingerprint density at radius 2 is 1.64 bits per heavy atom. The number of hydrogen-bond acceptors (Lipinski definition) is 5. The summed E-state index contributed by atoms with van der Waals surface area (Å²) in [6.07, 6.45) is 0.